The Bertz CT molecular complexity index is 649. The Labute approximate surface area is 121 Å². The van der Waals surface area contributed by atoms with Gasteiger partial charge in [0.1, 0.15) is 6.29 Å². The van der Waals surface area contributed by atoms with Crippen LogP contribution in [-0.4, -0.2) is 6.29 Å². The van der Waals surface area contributed by atoms with Gasteiger partial charge >= 0.3 is 0 Å². The fraction of sp³-hybridized carbons (Fsp3) is 0.0667. The van der Waals surface area contributed by atoms with Crippen molar-refractivity contribution in [3.8, 4) is 6.07 Å². The Morgan fingerprint density at radius 3 is 2.79 bits per heavy atom. The van der Waals surface area contributed by atoms with Crippen LogP contribution in [-0.2, 0) is 5.75 Å². The molecule has 0 aliphatic carbocycles. The van der Waals surface area contributed by atoms with Crippen molar-refractivity contribution in [2.75, 3.05) is 0 Å². The van der Waals surface area contributed by atoms with E-state index in [2.05, 4.69) is 6.07 Å². The Morgan fingerprint density at radius 2 is 2.11 bits per heavy atom. The van der Waals surface area contributed by atoms with Crippen molar-refractivity contribution in [3.05, 3.63) is 64.2 Å². The lowest BCUT2D eigenvalue weighted by molar-refractivity contribution is 0.112. The monoisotopic (exact) mass is 287 g/mol. The van der Waals surface area contributed by atoms with Gasteiger partial charge in [0, 0.05) is 21.2 Å². The van der Waals surface area contributed by atoms with Gasteiger partial charge in [0.2, 0.25) is 0 Å². The summed E-state index contributed by atoms with van der Waals surface area (Å²) in [5.41, 5.74) is 2.19. The Hall–Kier alpha value is -1.76. The molecule has 4 heteroatoms. The molecule has 0 saturated heterocycles. The van der Waals surface area contributed by atoms with Gasteiger partial charge in [-0.25, -0.2) is 0 Å². The van der Waals surface area contributed by atoms with Crippen LogP contribution in [0.2, 0.25) is 5.02 Å². The highest BCUT2D eigenvalue weighted by Gasteiger charge is 2.03. The van der Waals surface area contributed by atoms with Crippen LogP contribution >= 0.6 is 23.4 Å². The maximum absolute atomic E-state index is 10.7. The van der Waals surface area contributed by atoms with Gasteiger partial charge in [-0.3, -0.25) is 4.79 Å². The van der Waals surface area contributed by atoms with Crippen molar-refractivity contribution < 1.29 is 4.79 Å². The number of aldehydes is 1. The molecule has 94 valence electrons. The van der Waals surface area contributed by atoms with Gasteiger partial charge in [-0.05, 0) is 29.8 Å². The quantitative estimate of drug-likeness (QED) is 0.621. The average Bonchev–Trinajstić information content (AvgIpc) is 2.46. The van der Waals surface area contributed by atoms with Gasteiger partial charge in [0.25, 0.3) is 0 Å². The normalized spacial score (nSPS) is 9.89. The fourth-order valence-electron chi connectivity index (χ4n) is 1.57. The molecule has 0 saturated carbocycles. The zero-order chi connectivity index (χ0) is 13.7. The van der Waals surface area contributed by atoms with Crippen LogP contribution in [0.5, 0.6) is 0 Å². The third kappa shape index (κ3) is 3.60. The highest BCUT2D eigenvalue weighted by Crippen LogP contribution is 2.27. The number of carbonyl (C=O) groups is 1. The van der Waals surface area contributed by atoms with E-state index in [1.54, 1.807) is 30.0 Å². The lowest BCUT2D eigenvalue weighted by Crippen LogP contribution is -1.85. The van der Waals surface area contributed by atoms with Gasteiger partial charge < -0.3 is 0 Å². The third-order valence-electron chi connectivity index (χ3n) is 2.57. The van der Waals surface area contributed by atoms with E-state index in [1.165, 1.54) is 0 Å². The summed E-state index contributed by atoms with van der Waals surface area (Å²) in [6, 6.07) is 14.8. The first kappa shape index (κ1) is 13.7. The summed E-state index contributed by atoms with van der Waals surface area (Å²) in [6.45, 7) is 0. The molecule has 0 aliphatic rings. The van der Waals surface area contributed by atoms with Gasteiger partial charge in [-0.1, -0.05) is 29.8 Å². The highest BCUT2D eigenvalue weighted by molar-refractivity contribution is 7.98. The standard InChI is InChI=1S/C15H10ClNOS/c16-15-7-11(8-17)4-5-13(15)10-19-14-3-1-2-12(6-14)9-18/h1-7,9H,10H2. The molecule has 0 N–H and O–H groups in total. The minimum absolute atomic E-state index is 0.557. The number of nitriles is 1. The second-order valence-electron chi connectivity index (χ2n) is 3.90. The van der Waals surface area contributed by atoms with Crippen LogP contribution in [0.25, 0.3) is 0 Å². The smallest absolute Gasteiger partial charge is 0.150 e. The van der Waals surface area contributed by atoms with Crippen LogP contribution < -0.4 is 0 Å². The molecule has 0 spiro atoms. The van der Waals surface area contributed by atoms with Crippen LogP contribution in [0.4, 0.5) is 0 Å². The van der Waals surface area contributed by atoms with E-state index in [1.807, 2.05) is 24.3 Å². The van der Waals surface area contributed by atoms with E-state index in [0.717, 1.165) is 16.7 Å². The van der Waals surface area contributed by atoms with Crippen molar-refractivity contribution >= 4 is 29.6 Å². The summed E-state index contributed by atoms with van der Waals surface area (Å²) in [6.07, 6.45) is 0.832. The van der Waals surface area contributed by atoms with E-state index in [0.29, 0.717) is 21.9 Å². The van der Waals surface area contributed by atoms with E-state index in [-0.39, 0.29) is 0 Å². The first-order chi connectivity index (χ1) is 9.22. The molecular formula is C15H10ClNOS. The SMILES string of the molecule is N#Cc1ccc(CSc2cccc(C=O)c2)c(Cl)c1. The van der Waals surface area contributed by atoms with Crippen LogP contribution in [0.1, 0.15) is 21.5 Å². The maximum atomic E-state index is 10.7. The topological polar surface area (TPSA) is 40.9 Å². The largest absolute Gasteiger partial charge is 0.298 e. The lowest BCUT2D eigenvalue weighted by atomic mass is 10.2. The summed E-state index contributed by atoms with van der Waals surface area (Å²) in [5.74, 6) is 0.701. The predicted octanol–water partition coefficient (Wildman–Crippen LogP) is 4.32. The summed E-state index contributed by atoms with van der Waals surface area (Å²) in [4.78, 5) is 11.7. The van der Waals surface area contributed by atoms with Crippen molar-refractivity contribution in [1.29, 1.82) is 5.26 Å². The molecule has 0 aromatic heterocycles. The molecule has 0 bridgehead atoms. The lowest BCUT2D eigenvalue weighted by Gasteiger charge is -2.05. The first-order valence-electron chi connectivity index (χ1n) is 5.59. The van der Waals surface area contributed by atoms with Crippen LogP contribution in [0, 0.1) is 11.3 Å². The first-order valence-corrected chi connectivity index (χ1v) is 6.96. The van der Waals surface area contributed by atoms with E-state index >= 15 is 0 Å². The molecule has 0 radical (unpaired) electrons. The molecule has 0 atom stereocenters. The number of thioether (sulfide) groups is 1. The minimum atomic E-state index is 0.557. The summed E-state index contributed by atoms with van der Waals surface area (Å²) < 4.78 is 0. The van der Waals surface area contributed by atoms with E-state index in [9.17, 15) is 4.79 Å². The Kier molecular flexibility index (Phi) is 4.62. The molecule has 0 unspecified atom stereocenters. The summed E-state index contributed by atoms with van der Waals surface area (Å²) in [7, 11) is 0. The molecule has 0 heterocycles. The molecular weight excluding hydrogens is 278 g/mol. The molecule has 2 nitrogen and oxygen atoms in total. The summed E-state index contributed by atoms with van der Waals surface area (Å²) >= 11 is 7.72. The van der Waals surface area contributed by atoms with Gasteiger partial charge in [0.15, 0.2) is 0 Å². The fourth-order valence-corrected chi connectivity index (χ4v) is 2.87. The van der Waals surface area contributed by atoms with Crippen molar-refractivity contribution in [3.63, 3.8) is 0 Å². The van der Waals surface area contributed by atoms with Crippen molar-refractivity contribution in [2.45, 2.75) is 10.6 Å². The van der Waals surface area contributed by atoms with Crippen LogP contribution in [0.3, 0.4) is 0 Å². The second kappa shape index (κ2) is 6.42. The number of halogens is 1. The highest BCUT2D eigenvalue weighted by atomic mass is 35.5. The zero-order valence-corrected chi connectivity index (χ0v) is 11.5. The molecule has 2 aromatic rings. The van der Waals surface area contributed by atoms with E-state index in [4.69, 9.17) is 16.9 Å². The number of nitrogens with zero attached hydrogens (tertiary/aromatic N) is 1. The average molecular weight is 288 g/mol. The third-order valence-corrected chi connectivity index (χ3v) is 3.97. The number of benzene rings is 2. The second-order valence-corrected chi connectivity index (χ2v) is 5.35. The number of hydrogen-bond donors (Lipinski definition) is 0. The molecule has 0 fully saturated rings. The van der Waals surface area contributed by atoms with Gasteiger partial charge in [-0.2, -0.15) is 5.26 Å². The Morgan fingerprint density at radius 1 is 1.26 bits per heavy atom. The minimum Gasteiger partial charge on any atom is -0.298 e. The Balaban J connectivity index is 2.10. The molecule has 0 amide bonds. The van der Waals surface area contributed by atoms with Gasteiger partial charge in [-0.15, -0.1) is 11.8 Å². The molecule has 0 aliphatic heterocycles. The molecule has 2 aromatic carbocycles. The number of carbonyl (C=O) groups excluding carboxylic acids is 1. The summed E-state index contributed by atoms with van der Waals surface area (Å²) in [5, 5.41) is 9.37. The van der Waals surface area contributed by atoms with Crippen LogP contribution in [0.15, 0.2) is 47.4 Å². The van der Waals surface area contributed by atoms with E-state index < -0.39 is 0 Å². The van der Waals surface area contributed by atoms with Crippen molar-refractivity contribution in [2.24, 2.45) is 0 Å². The zero-order valence-electron chi connectivity index (χ0n) is 9.97. The van der Waals surface area contributed by atoms with Crippen molar-refractivity contribution in [1.82, 2.24) is 0 Å². The van der Waals surface area contributed by atoms with Gasteiger partial charge in [0.05, 0.1) is 11.6 Å². The molecule has 19 heavy (non-hydrogen) atoms. The maximum Gasteiger partial charge on any atom is 0.150 e. The predicted molar refractivity (Wildman–Crippen MR) is 77.6 cm³/mol. The molecule has 2 rings (SSSR count). The number of hydrogen-bond acceptors (Lipinski definition) is 3. The number of rotatable bonds is 4.